The number of nitriles is 5. The molecule has 12 aromatic rings. The van der Waals surface area contributed by atoms with Gasteiger partial charge in [0, 0.05) is 54.9 Å². The van der Waals surface area contributed by atoms with Crippen LogP contribution in [-0.4, -0.2) is 14.1 Å². The second-order valence-electron chi connectivity index (χ2n) is 18.6. The van der Waals surface area contributed by atoms with E-state index in [0.717, 1.165) is 43.6 Å². The molecule has 3 heterocycles. The van der Waals surface area contributed by atoms with Crippen LogP contribution in [0.5, 0.6) is 0 Å². The van der Waals surface area contributed by atoms with E-state index in [1.807, 2.05) is 95.6 Å². The summed E-state index contributed by atoms with van der Waals surface area (Å²) in [6, 6.07) is 64.4. The van der Waals surface area contributed by atoms with Gasteiger partial charge in [0.25, 0.3) is 0 Å². The molecule has 0 aliphatic rings. The third-order valence-electron chi connectivity index (χ3n) is 14.5. The standard InChI is InChI=1S/C68H30N12/c1-74-49-15-23-51(47(27-49)37-72)42-11-19-56-57-21-13-44(54-17-9-40(34-69)25-61(54)76-3)31-64(57)79(63(56)29-42)67-39-78-68(33-60(67)53-8-6-5-7-46(53)36-71)80-65-30-43(52-24-16-50(75-2)28-48(52)38-73)12-20-58(65)59-22-14-45(32-66(59)80)55-18-10-41(35-70)26-62(55)77-4/h5-33,39H. The molecule has 3 aromatic heterocycles. The van der Waals surface area contributed by atoms with Gasteiger partial charge in [0.2, 0.25) is 0 Å². The van der Waals surface area contributed by atoms with E-state index in [-0.39, 0.29) is 0 Å². The van der Waals surface area contributed by atoms with Crippen molar-refractivity contribution < 1.29 is 0 Å². The summed E-state index contributed by atoms with van der Waals surface area (Å²) in [7, 11) is 0. The van der Waals surface area contributed by atoms with Crippen molar-refractivity contribution in [2.75, 3.05) is 0 Å². The molecule has 0 spiro atoms. The van der Waals surface area contributed by atoms with Gasteiger partial charge in [-0.25, -0.2) is 24.4 Å². The third-order valence-corrected chi connectivity index (χ3v) is 14.5. The van der Waals surface area contributed by atoms with Crippen LogP contribution in [0.2, 0.25) is 0 Å². The Morgan fingerprint density at radius 3 is 1.20 bits per heavy atom. The summed E-state index contributed by atoms with van der Waals surface area (Å²) in [6.45, 7) is 31.4. The highest BCUT2D eigenvalue weighted by Crippen LogP contribution is 2.45. The summed E-state index contributed by atoms with van der Waals surface area (Å²) in [5.74, 6) is 0.458. The number of aromatic nitrogens is 3. The van der Waals surface area contributed by atoms with Crippen LogP contribution in [0.15, 0.2) is 182 Å². The van der Waals surface area contributed by atoms with E-state index in [0.29, 0.717) is 118 Å². The Bertz CT molecular complexity index is 4880. The van der Waals surface area contributed by atoms with Crippen LogP contribution in [0.1, 0.15) is 27.8 Å². The van der Waals surface area contributed by atoms with Gasteiger partial charge < -0.3 is 4.57 Å². The molecular formula is C68H30N12. The number of hydrogen-bond acceptors (Lipinski definition) is 6. The summed E-state index contributed by atoms with van der Waals surface area (Å²) < 4.78 is 4.10. The highest BCUT2D eigenvalue weighted by Gasteiger charge is 2.24. The molecule has 0 radical (unpaired) electrons. The normalized spacial score (nSPS) is 10.6. The Balaban J connectivity index is 1.19. The molecule has 0 N–H and O–H groups in total. The van der Waals surface area contributed by atoms with E-state index in [9.17, 15) is 26.3 Å². The second-order valence-corrected chi connectivity index (χ2v) is 18.6. The van der Waals surface area contributed by atoms with Gasteiger partial charge in [-0.1, -0.05) is 103 Å². The molecule has 0 saturated carbocycles. The van der Waals surface area contributed by atoms with Crippen molar-refractivity contribution in [3.63, 3.8) is 0 Å². The zero-order valence-corrected chi connectivity index (χ0v) is 41.7. The monoisotopic (exact) mass is 1010 g/mol. The molecule has 12 heteroatoms. The number of nitrogens with zero attached hydrogens (tertiary/aromatic N) is 12. The number of fused-ring (bicyclic) bond motifs is 6. The maximum Gasteiger partial charge on any atom is 0.196 e. The lowest BCUT2D eigenvalue weighted by Gasteiger charge is -2.18. The lowest BCUT2D eigenvalue weighted by atomic mass is 9.98. The summed E-state index contributed by atoms with van der Waals surface area (Å²) in [5, 5.41) is 54.5. The van der Waals surface area contributed by atoms with Crippen molar-refractivity contribution in [3.05, 3.63) is 256 Å². The van der Waals surface area contributed by atoms with E-state index in [1.54, 1.807) is 91.1 Å². The number of pyridine rings is 1. The van der Waals surface area contributed by atoms with E-state index in [4.69, 9.17) is 31.3 Å². The molecule has 0 unspecified atom stereocenters. The predicted octanol–water partition coefficient (Wildman–Crippen LogP) is 17.2. The largest absolute Gasteiger partial charge is 0.307 e. The molecule has 12 rings (SSSR count). The van der Waals surface area contributed by atoms with Crippen molar-refractivity contribution in [1.29, 1.82) is 26.3 Å². The minimum Gasteiger partial charge on any atom is -0.307 e. The topological polar surface area (TPSA) is 159 Å². The van der Waals surface area contributed by atoms with E-state index in [1.165, 1.54) is 0 Å². The summed E-state index contributed by atoms with van der Waals surface area (Å²) >= 11 is 0. The van der Waals surface area contributed by atoms with Gasteiger partial charge in [-0.15, -0.1) is 0 Å². The molecule has 0 amide bonds. The molecule has 362 valence electrons. The van der Waals surface area contributed by atoms with Crippen LogP contribution in [0.25, 0.3) is 130 Å². The summed E-state index contributed by atoms with van der Waals surface area (Å²) in [5.41, 5.74) is 13.1. The Morgan fingerprint density at radius 1 is 0.350 bits per heavy atom. The highest BCUT2D eigenvalue weighted by atomic mass is 15.1. The highest BCUT2D eigenvalue weighted by molar-refractivity contribution is 6.13. The average Bonchev–Trinajstić information content (AvgIpc) is 4.08. The lowest BCUT2D eigenvalue weighted by molar-refractivity contribution is 1.06. The van der Waals surface area contributed by atoms with Gasteiger partial charge in [0.1, 0.15) is 5.82 Å². The molecule has 0 fully saturated rings. The summed E-state index contributed by atoms with van der Waals surface area (Å²) in [4.78, 5) is 20.1. The quantitative estimate of drug-likeness (QED) is 0.145. The number of benzene rings is 9. The maximum atomic E-state index is 10.9. The molecule has 0 aliphatic carbocycles. The second kappa shape index (κ2) is 19.4. The van der Waals surface area contributed by atoms with Gasteiger partial charge in [-0.2, -0.15) is 26.3 Å². The first-order valence-corrected chi connectivity index (χ1v) is 24.6. The smallest absolute Gasteiger partial charge is 0.196 e. The van der Waals surface area contributed by atoms with Crippen LogP contribution >= 0.6 is 0 Å². The maximum absolute atomic E-state index is 10.9. The van der Waals surface area contributed by atoms with E-state index in [2.05, 4.69) is 54.3 Å². The fourth-order valence-corrected chi connectivity index (χ4v) is 10.8. The Labute approximate surface area is 457 Å². The minimum atomic E-state index is 0.307. The first kappa shape index (κ1) is 48.1. The SMILES string of the molecule is [C-]#[N+]c1ccc(-c2ccc3c4ccc(-c5ccc(C#N)cc5[N+]#[C-])cc4n(-c4cc(-c5ccccc5C#N)c(-n5c6cc(-c7ccc([N+]#[C-])cc7C#N)ccc6c6ccc(-c7ccc(C#N)cc7[N+]#[C-])cc65)cn4)c3c2)c(C#N)c1. The van der Waals surface area contributed by atoms with Crippen LogP contribution < -0.4 is 0 Å². The van der Waals surface area contributed by atoms with Crippen molar-refractivity contribution in [1.82, 2.24) is 14.1 Å². The van der Waals surface area contributed by atoms with Crippen LogP contribution in [0.3, 0.4) is 0 Å². The number of rotatable bonds is 7. The minimum absolute atomic E-state index is 0.307. The Kier molecular flexibility index (Phi) is 11.7. The average molecular weight is 1020 g/mol. The fraction of sp³-hybridized carbons (Fsp3) is 0. The molecule has 80 heavy (non-hydrogen) atoms. The van der Waals surface area contributed by atoms with Gasteiger partial charge in [0.15, 0.2) is 22.7 Å². The van der Waals surface area contributed by atoms with Crippen LogP contribution in [0, 0.1) is 82.9 Å². The van der Waals surface area contributed by atoms with Gasteiger partial charge in [-0.05, 0) is 117 Å². The van der Waals surface area contributed by atoms with Crippen LogP contribution in [-0.2, 0) is 0 Å². The molecule has 0 saturated heterocycles. The lowest BCUT2D eigenvalue weighted by Crippen LogP contribution is -2.04. The fourth-order valence-electron chi connectivity index (χ4n) is 10.8. The molecule has 0 aliphatic heterocycles. The van der Waals surface area contributed by atoms with Crippen LogP contribution in [0.4, 0.5) is 22.7 Å². The third kappa shape index (κ3) is 7.82. The van der Waals surface area contributed by atoms with E-state index < -0.39 is 0 Å². The molecule has 9 aromatic carbocycles. The number of hydrogen-bond donors (Lipinski definition) is 0. The van der Waals surface area contributed by atoms with E-state index >= 15 is 0 Å². The molecular weight excluding hydrogens is 985 g/mol. The van der Waals surface area contributed by atoms with Crippen molar-refractivity contribution in [2.45, 2.75) is 0 Å². The summed E-state index contributed by atoms with van der Waals surface area (Å²) in [6.07, 6.45) is 1.77. The van der Waals surface area contributed by atoms with Crippen molar-refractivity contribution in [2.24, 2.45) is 0 Å². The Morgan fingerprint density at radius 2 is 0.775 bits per heavy atom. The zero-order chi connectivity index (χ0) is 55.2. The van der Waals surface area contributed by atoms with Gasteiger partial charge in [-0.3, -0.25) is 4.57 Å². The predicted molar refractivity (Wildman–Crippen MR) is 309 cm³/mol. The zero-order valence-electron chi connectivity index (χ0n) is 41.7. The molecule has 0 bridgehead atoms. The van der Waals surface area contributed by atoms with Crippen molar-refractivity contribution in [3.8, 4) is 97.5 Å². The van der Waals surface area contributed by atoms with Gasteiger partial charge in [0.05, 0.1) is 96.1 Å². The first-order valence-electron chi connectivity index (χ1n) is 24.6. The molecule has 0 atom stereocenters. The molecule has 12 nitrogen and oxygen atoms in total. The van der Waals surface area contributed by atoms with Crippen molar-refractivity contribution >= 4 is 66.4 Å². The van der Waals surface area contributed by atoms with Gasteiger partial charge >= 0.3 is 0 Å². The Hall–Kier alpha value is -12.9. The first-order chi connectivity index (χ1) is 39.2.